The highest BCUT2D eigenvalue weighted by Crippen LogP contribution is 2.36. The van der Waals surface area contributed by atoms with Crippen LogP contribution in [0, 0.1) is 6.92 Å². The first kappa shape index (κ1) is 14.4. The van der Waals surface area contributed by atoms with Gasteiger partial charge in [-0.25, -0.2) is 0 Å². The van der Waals surface area contributed by atoms with Crippen molar-refractivity contribution in [2.45, 2.75) is 6.92 Å². The fraction of sp³-hybridized carbons (Fsp3) is 0.0500. The molecule has 0 aliphatic rings. The van der Waals surface area contributed by atoms with Crippen molar-refractivity contribution < 1.29 is 4.42 Å². The van der Waals surface area contributed by atoms with Crippen molar-refractivity contribution in [3.63, 3.8) is 0 Å². The van der Waals surface area contributed by atoms with Crippen LogP contribution in [0.1, 0.15) is 5.56 Å². The molecule has 0 unspecified atom stereocenters. The number of fused-ring (bicyclic) bond motifs is 4. The highest BCUT2D eigenvalue weighted by atomic mass is 35.5. The number of para-hydroxylation sites is 1. The van der Waals surface area contributed by atoms with E-state index in [9.17, 15) is 4.79 Å². The maximum atomic E-state index is 12.5. The van der Waals surface area contributed by atoms with Crippen molar-refractivity contribution in [2.75, 3.05) is 0 Å². The SMILES string of the molecule is Cc1c(-c2cc3ccccc3o2)c2[nH]c3ccc(Cl)cc3c2[nH]c1=O. The summed E-state index contributed by atoms with van der Waals surface area (Å²) < 4.78 is 6.02. The van der Waals surface area contributed by atoms with E-state index in [1.807, 2.05) is 48.5 Å². The molecule has 25 heavy (non-hydrogen) atoms. The van der Waals surface area contributed by atoms with Crippen LogP contribution in [0.4, 0.5) is 0 Å². The fourth-order valence-electron chi connectivity index (χ4n) is 3.40. The molecule has 0 radical (unpaired) electrons. The Balaban J connectivity index is 1.95. The van der Waals surface area contributed by atoms with Gasteiger partial charge in [-0.3, -0.25) is 4.79 Å². The highest BCUT2D eigenvalue weighted by Gasteiger charge is 2.18. The summed E-state index contributed by atoms with van der Waals surface area (Å²) in [5, 5.41) is 2.52. The standard InChI is InChI=1S/C20H13ClN2O2/c1-10-17(16-8-11-4-2-3-5-15(11)25-16)19-18(23-20(10)24)13-9-12(21)6-7-14(13)22-19/h2-9,22H,1H3,(H,23,24). The molecule has 0 saturated heterocycles. The largest absolute Gasteiger partial charge is 0.456 e. The molecule has 0 saturated carbocycles. The molecule has 0 aliphatic carbocycles. The van der Waals surface area contributed by atoms with Crippen LogP contribution in [-0.2, 0) is 0 Å². The first-order valence-electron chi connectivity index (χ1n) is 7.94. The van der Waals surface area contributed by atoms with Gasteiger partial charge in [0, 0.05) is 26.9 Å². The van der Waals surface area contributed by atoms with E-state index >= 15 is 0 Å². The molecule has 2 N–H and O–H groups in total. The second kappa shape index (κ2) is 5.01. The molecular formula is C20H13ClN2O2. The van der Waals surface area contributed by atoms with Crippen LogP contribution in [-0.4, -0.2) is 9.97 Å². The number of halogens is 1. The second-order valence-corrected chi connectivity index (χ2v) is 6.60. The van der Waals surface area contributed by atoms with Gasteiger partial charge in [0.25, 0.3) is 5.56 Å². The lowest BCUT2D eigenvalue weighted by Gasteiger charge is -2.04. The number of furan rings is 1. The van der Waals surface area contributed by atoms with Crippen molar-refractivity contribution in [1.29, 1.82) is 0 Å². The van der Waals surface area contributed by atoms with Gasteiger partial charge in [-0.1, -0.05) is 29.8 Å². The average molecular weight is 349 g/mol. The van der Waals surface area contributed by atoms with Crippen LogP contribution in [0.3, 0.4) is 0 Å². The first-order chi connectivity index (χ1) is 12.1. The molecular weight excluding hydrogens is 336 g/mol. The lowest BCUT2D eigenvalue weighted by molar-refractivity contribution is 0.631. The van der Waals surface area contributed by atoms with Crippen LogP contribution < -0.4 is 5.56 Å². The van der Waals surface area contributed by atoms with E-state index in [-0.39, 0.29) is 5.56 Å². The number of aromatic amines is 2. The molecule has 0 bridgehead atoms. The van der Waals surface area contributed by atoms with Crippen molar-refractivity contribution >= 4 is 44.5 Å². The number of benzene rings is 2. The molecule has 0 amide bonds. The van der Waals surface area contributed by atoms with Crippen LogP contribution in [0.5, 0.6) is 0 Å². The monoisotopic (exact) mass is 348 g/mol. The van der Waals surface area contributed by atoms with Gasteiger partial charge < -0.3 is 14.4 Å². The Bertz CT molecular complexity index is 1310. The predicted molar refractivity (Wildman–Crippen MR) is 101 cm³/mol. The van der Waals surface area contributed by atoms with Crippen molar-refractivity contribution in [1.82, 2.24) is 9.97 Å². The summed E-state index contributed by atoms with van der Waals surface area (Å²) in [6.45, 7) is 1.80. The Hall–Kier alpha value is -2.98. The summed E-state index contributed by atoms with van der Waals surface area (Å²) in [6, 6.07) is 15.4. The zero-order chi connectivity index (χ0) is 17.1. The van der Waals surface area contributed by atoms with Gasteiger partial charge in [-0.2, -0.15) is 0 Å². The Morgan fingerprint density at radius 3 is 2.68 bits per heavy atom. The van der Waals surface area contributed by atoms with E-state index in [2.05, 4.69) is 9.97 Å². The minimum Gasteiger partial charge on any atom is -0.456 e. The molecule has 0 atom stereocenters. The molecule has 5 rings (SSSR count). The molecule has 5 heteroatoms. The van der Waals surface area contributed by atoms with Gasteiger partial charge in [0.1, 0.15) is 11.3 Å². The normalized spacial score (nSPS) is 11.8. The Morgan fingerprint density at radius 2 is 1.84 bits per heavy atom. The molecule has 122 valence electrons. The zero-order valence-electron chi connectivity index (χ0n) is 13.3. The van der Waals surface area contributed by atoms with Crippen molar-refractivity contribution in [2.24, 2.45) is 0 Å². The lowest BCUT2D eigenvalue weighted by Crippen LogP contribution is -2.10. The van der Waals surface area contributed by atoms with Crippen LogP contribution in [0.25, 0.3) is 44.2 Å². The third-order valence-electron chi connectivity index (χ3n) is 4.64. The smallest absolute Gasteiger partial charge is 0.252 e. The molecule has 0 fully saturated rings. The second-order valence-electron chi connectivity index (χ2n) is 6.17. The molecule has 2 aromatic carbocycles. The number of pyridine rings is 1. The summed E-state index contributed by atoms with van der Waals surface area (Å²) in [5.74, 6) is 0.674. The summed E-state index contributed by atoms with van der Waals surface area (Å²) in [7, 11) is 0. The van der Waals surface area contributed by atoms with E-state index in [1.54, 1.807) is 6.92 Å². The van der Waals surface area contributed by atoms with Gasteiger partial charge in [0.05, 0.1) is 16.6 Å². The van der Waals surface area contributed by atoms with Gasteiger partial charge in [-0.05, 0) is 37.3 Å². The summed E-state index contributed by atoms with van der Waals surface area (Å²) in [4.78, 5) is 18.9. The average Bonchev–Trinajstić information content (AvgIpc) is 3.17. The summed E-state index contributed by atoms with van der Waals surface area (Å²) in [5.41, 5.74) is 4.55. The Labute approximate surface area is 147 Å². The van der Waals surface area contributed by atoms with Gasteiger partial charge in [0.2, 0.25) is 0 Å². The van der Waals surface area contributed by atoms with E-state index in [4.69, 9.17) is 16.0 Å². The molecule has 0 spiro atoms. The van der Waals surface area contributed by atoms with Gasteiger partial charge in [0.15, 0.2) is 0 Å². The summed E-state index contributed by atoms with van der Waals surface area (Å²) >= 11 is 6.13. The molecule has 4 nitrogen and oxygen atoms in total. The number of hydrogen-bond donors (Lipinski definition) is 2. The Kier molecular flexibility index (Phi) is 2.88. The van der Waals surface area contributed by atoms with E-state index < -0.39 is 0 Å². The third kappa shape index (κ3) is 2.04. The lowest BCUT2D eigenvalue weighted by atomic mass is 10.1. The van der Waals surface area contributed by atoms with E-state index in [0.29, 0.717) is 16.3 Å². The Morgan fingerprint density at radius 1 is 1.00 bits per heavy atom. The summed E-state index contributed by atoms with van der Waals surface area (Å²) in [6.07, 6.45) is 0. The van der Waals surface area contributed by atoms with E-state index in [1.165, 1.54) is 0 Å². The number of rotatable bonds is 1. The minimum absolute atomic E-state index is 0.135. The highest BCUT2D eigenvalue weighted by molar-refractivity contribution is 6.31. The topological polar surface area (TPSA) is 61.8 Å². The van der Waals surface area contributed by atoms with Crippen LogP contribution in [0.2, 0.25) is 5.02 Å². The maximum absolute atomic E-state index is 12.5. The minimum atomic E-state index is -0.135. The zero-order valence-corrected chi connectivity index (χ0v) is 14.1. The number of nitrogens with one attached hydrogen (secondary N) is 2. The first-order valence-corrected chi connectivity index (χ1v) is 8.32. The van der Waals surface area contributed by atoms with Gasteiger partial charge in [-0.15, -0.1) is 0 Å². The van der Waals surface area contributed by atoms with E-state index in [0.717, 1.165) is 38.5 Å². The van der Waals surface area contributed by atoms with Crippen molar-refractivity contribution in [3.05, 3.63) is 69.5 Å². The molecule has 3 heterocycles. The van der Waals surface area contributed by atoms with Crippen LogP contribution >= 0.6 is 11.6 Å². The number of hydrogen-bond acceptors (Lipinski definition) is 2. The number of H-pyrrole nitrogens is 2. The predicted octanol–water partition coefficient (Wildman–Crippen LogP) is 5.38. The van der Waals surface area contributed by atoms with Crippen LogP contribution in [0.15, 0.2) is 57.7 Å². The number of aromatic nitrogens is 2. The molecule has 3 aromatic heterocycles. The third-order valence-corrected chi connectivity index (χ3v) is 4.87. The quantitative estimate of drug-likeness (QED) is 0.427. The van der Waals surface area contributed by atoms with Crippen molar-refractivity contribution in [3.8, 4) is 11.3 Å². The molecule has 5 aromatic rings. The molecule has 0 aliphatic heterocycles. The maximum Gasteiger partial charge on any atom is 0.252 e. The fourth-order valence-corrected chi connectivity index (χ4v) is 3.57. The van der Waals surface area contributed by atoms with Gasteiger partial charge >= 0.3 is 0 Å².